The van der Waals surface area contributed by atoms with E-state index in [9.17, 15) is 9.59 Å². The van der Waals surface area contributed by atoms with Gasteiger partial charge in [-0.05, 0) is 55.7 Å². The summed E-state index contributed by atoms with van der Waals surface area (Å²) in [6, 6.07) is 11.0. The first kappa shape index (κ1) is 19.5. The van der Waals surface area contributed by atoms with Gasteiger partial charge >= 0.3 is 5.97 Å². The van der Waals surface area contributed by atoms with Gasteiger partial charge in [-0.3, -0.25) is 4.79 Å². The van der Waals surface area contributed by atoms with Crippen molar-refractivity contribution in [3.63, 3.8) is 0 Å². The van der Waals surface area contributed by atoms with Gasteiger partial charge in [0.2, 0.25) is 6.79 Å². The largest absolute Gasteiger partial charge is 0.482 e. The Morgan fingerprint density at radius 2 is 1.93 bits per heavy atom. The number of fused-ring (bicyclic) bond motifs is 1. The fraction of sp³-hybridized carbons (Fsp3) is 0.333. The molecule has 7 heteroatoms. The first-order chi connectivity index (χ1) is 13.4. The van der Waals surface area contributed by atoms with Crippen LogP contribution in [0.5, 0.6) is 17.2 Å². The fourth-order valence-corrected chi connectivity index (χ4v) is 2.69. The quantitative estimate of drug-likeness (QED) is 0.738. The minimum Gasteiger partial charge on any atom is -0.482 e. The van der Waals surface area contributed by atoms with Gasteiger partial charge in [-0.1, -0.05) is 18.2 Å². The molecule has 0 unspecified atom stereocenters. The molecule has 0 aliphatic carbocycles. The van der Waals surface area contributed by atoms with Gasteiger partial charge in [-0.2, -0.15) is 0 Å². The Labute approximate surface area is 163 Å². The summed E-state index contributed by atoms with van der Waals surface area (Å²) in [4.78, 5) is 24.1. The highest BCUT2D eigenvalue weighted by Gasteiger charge is 2.19. The number of esters is 1. The third-order valence-corrected chi connectivity index (χ3v) is 4.48. The van der Waals surface area contributed by atoms with Crippen LogP contribution in [-0.4, -0.2) is 31.4 Å². The van der Waals surface area contributed by atoms with E-state index in [4.69, 9.17) is 18.9 Å². The normalized spacial score (nSPS) is 13.0. The number of hydrogen-bond donors (Lipinski definition) is 1. The first-order valence-corrected chi connectivity index (χ1v) is 8.99. The lowest BCUT2D eigenvalue weighted by atomic mass is 10.1. The molecule has 28 heavy (non-hydrogen) atoms. The van der Waals surface area contributed by atoms with E-state index in [0.717, 1.165) is 16.7 Å². The van der Waals surface area contributed by atoms with Crippen LogP contribution in [0.25, 0.3) is 0 Å². The van der Waals surface area contributed by atoms with E-state index in [1.807, 2.05) is 32.0 Å². The molecular formula is C21H23NO6. The number of ether oxygens (including phenoxy) is 4. The van der Waals surface area contributed by atoms with E-state index in [-0.39, 0.29) is 19.9 Å². The van der Waals surface area contributed by atoms with Gasteiger partial charge in [0.1, 0.15) is 5.75 Å². The second kappa shape index (κ2) is 8.65. The molecule has 2 aromatic carbocycles. The van der Waals surface area contributed by atoms with Crippen molar-refractivity contribution < 1.29 is 28.5 Å². The molecule has 1 heterocycles. The third-order valence-electron chi connectivity index (χ3n) is 4.48. The molecule has 1 N–H and O–H groups in total. The summed E-state index contributed by atoms with van der Waals surface area (Å²) in [5.41, 5.74) is 2.89. The van der Waals surface area contributed by atoms with Crippen molar-refractivity contribution in [3.8, 4) is 17.2 Å². The van der Waals surface area contributed by atoms with E-state index in [2.05, 4.69) is 5.32 Å². The Kier molecular flexibility index (Phi) is 6.03. The van der Waals surface area contributed by atoms with Gasteiger partial charge in [0, 0.05) is 6.54 Å². The molecule has 1 aliphatic heterocycles. The van der Waals surface area contributed by atoms with Crippen LogP contribution in [0, 0.1) is 13.8 Å². The van der Waals surface area contributed by atoms with Crippen LogP contribution in [0.1, 0.15) is 23.6 Å². The minimum absolute atomic E-state index is 0.197. The molecule has 0 saturated heterocycles. The summed E-state index contributed by atoms with van der Waals surface area (Å²) in [5.74, 6) is 0.956. The van der Waals surface area contributed by atoms with E-state index in [0.29, 0.717) is 17.2 Å². The third kappa shape index (κ3) is 4.73. The van der Waals surface area contributed by atoms with Gasteiger partial charge in [-0.25, -0.2) is 4.79 Å². The molecule has 0 spiro atoms. The predicted octanol–water partition coefficient (Wildman–Crippen LogP) is 2.66. The average Bonchev–Trinajstić information content (AvgIpc) is 3.15. The number of hydrogen-bond acceptors (Lipinski definition) is 6. The molecule has 3 rings (SSSR count). The summed E-state index contributed by atoms with van der Waals surface area (Å²) in [7, 11) is 0. The number of benzene rings is 2. The second-order valence-electron chi connectivity index (χ2n) is 6.52. The summed E-state index contributed by atoms with van der Waals surface area (Å²) in [5, 5.41) is 2.73. The standard InChI is InChI=1S/C21H23NO6/c1-13-5-4-6-17(14(13)2)25-11-20(23)28-15(3)21(24)22-10-16-7-8-18-19(9-16)27-12-26-18/h4-9,15H,10-12H2,1-3H3,(H,22,24)/t15-/m0/s1. The number of carbonyl (C=O) groups excluding carboxylic acids is 2. The number of rotatable bonds is 7. The molecule has 2 aromatic rings. The lowest BCUT2D eigenvalue weighted by Crippen LogP contribution is -2.36. The van der Waals surface area contributed by atoms with E-state index < -0.39 is 18.0 Å². The van der Waals surface area contributed by atoms with Crippen molar-refractivity contribution in [2.24, 2.45) is 0 Å². The predicted molar refractivity (Wildman–Crippen MR) is 101 cm³/mol. The maximum absolute atomic E-state index is 12.2. The molecule has 1 amide bonds. The van der Waals surface area contributed by atoms with Crippen molar-refractivity contribution in [3.05, 3.63) is 53.1 Å². The van der Waals surface area contributed by atoms with Crippen molar-refractivity contribution in [2.75, 3.05) is 13.4 Å². The van der Waals surface area contributed by atoms with Crippen molar-refractivity contribution in [2.45, 2.75) is 33.4 Å². The van der Waals surface area contributed by atoms with Gasteiger partial charge in [0.05, 0.1) is 0 Å². The highest BCUT2D eigenvalue weighted by atomic mass is 16.7. The van der Waals surface area contributed by atoms with Gasteiger partial charge < -0.3 is 24.3 Å². The van der Waals surface area contributed by atoms with Crippen LogP contribution in [0.2, 0.25) is 0 Å². The van der Waals surface area contributed by atoms with Crippen LogP contribution in [-0.2, 0) is 20.9 Å². The number of carbonyl (C=O) groups is 2. The maximum atomic E-state index is 12.2. The summed E-state index contributed by atoms with van der Waals surface area (Å²) in [6.45, 7) is 5.63. The fourth-order valence-electron chi connectivity index (χ4n) is 2.69. The monoisotopic (exact) mass is 385 g/mol. The zero-order valence-electron chi connectivity index (χ0n) is 16.1. The number of amides is 1. The van der Waals surface area contributed by atoms with Gasteiger partial charge in [0.25, 0.3) is 5.91 Å². The Balaban J connectivity index is 1.44. The molecule has 0 aromatic heterocycles. The maximum Gasteiger partial charge on any atom is 0.344 e. The number of nitrogens with one attached hydrogen (secondary N) is 1. The Morgan fingerprint density at radius 3 is 2.75 bits per heavy atom. The molecule has 0 fully saturated rings. The lowest BCUT2D eigenvalue weighted by Gasteiger charge is -2.15. The molecule has 0 radical (unpaired) electrons. The van der Waals surface area contributed by atoms with Crippen LogP contribution in [0.4, 0.5) is 0 Å². The highest BCUT2D eigenvalue weighted by molar-refractivity contribution is 5.83. The zero-order chi connectivity index (χ0) is 20.1. The second-order valence-corrected chi connectivity index (χ2v) is 6.52. The molecular weight excluding hydrogens is 362 g/mol. The van der Waals surface area contributed by atoms with E-state index in [1.165, 1.54) is 6.92 Å². The lowest BCUT2D eigenvalue weighted by molar-refractivity contribution is -0.156. The minimum atomic E-state index is -0.927. The zero-order valence-corrected chi connectivity index (χ0v) is 16.1. The number of aryl methyl sites for hydroxylation is 1. The SMILES string of the molecule is Cc1cccc(OCC(=O)O[C@@H](C)C(=O)NCc2ccc3c(c2)OCO3)c1C. The van der Waals surface area contributed by atoms with Gasteiger partial charge in [-0.15, -0.1) is 0 Å². The average molecular weight is 385 g/mol. The van der Waals surface area contributed by atoms with Crippen LogP contribution < -0.4 is 19.5 Å². The molecule has 1 aliphatic rings. The molecule has 7 nitrogen and oxygen atoms in total. The van der Waals surface area contributed by atoms with E-state index >= 15 is 0 Å². The first-order valence-electron chi connectivity index (χ1n) is 8.99. The summed E-state index contributed by atoms with van der Waals surface area (Å²) >= 11 is 0. The van der Waals surface area contributed by atoms with Crippen molar-refractivity contribution >= 4 is 11.9 Å². The van der Waals surface area contributed by atoms with Crippen LogP contribution >= 0.6 is 0 Å². The Bertz CT molecular complexity index is 879. The topological polar surface area (TPSA) is 83.1 Å². The van der Waals surface area contributed by atoms with Crippen LogP contribution in [0.3, 0.4) is 0 Å². The molecule has 1 atom stereocenters. The Hall–Kier alpha value is -3.22. The van der Waals surface area contributed by atoms with E-state index in [1.54, 1.807) is 18.2 Å². The highest BCUT2D eigenvalue weighted by Crippen LogP contribution is 2.32. The summed E-state index contributed by atoms with van der Waals surface area (Å²) < 4.78 is 21.2. The summed E-state index contributed by atoms with van der Waals surface area (Å²) in [6.07, 6.45) is -0.927. The molecule has 148 valence electrons. The van der Waals surface area contributed by atoms with Gasteiger partial charge in [0.15, 0.2) is 24.2 Å². The smallest absolute Gasteiger partial charge is 0.344 e. The van der Waals surface area contributed by atoms with Crippen LogP contribution in [0.15, 0.2) is 36.4 Å². The molecule has 0 saturated carbocycles. The molecule has 0 bridgehead atoms. The van der Waals surface area contributed by atoms with Crippen molar-refractivity contribution in [1.29, 1.82) is 0 Å². The van der Waals surface area contributed by atoms with Crippen molar-refractivity contribution in [1.82, 2.24) is 5.32 Å². The Morgan fingerprint density at radius 1 is 1.14 bits per heavy atom.